The Morgan fingerprint density at radius 2 is 1.74 bits per heavy atom. The predicted molar refractivity (Wildman–Crippen MR) is 107 cm³/mol. The van der Waals surface area contributed by atoms with E-state index < -0.39 is 5.82 Å². The SMILES string of the molecule is Cc1cc(C)c(-c2ccc(SCC(=O)Nc3ccccc3F)nn2)cc1C. The highest BCUT2D eigenvalue weighted by molar-refractivity contribution is 7.99. The summed E-state index contributed by atoms with van der Waals surface area (Å²) in [7, 11) is 0. The van der Waals surface area contributed by atoms with Crippen LogP contribution in [0, 0.1) is 26.6 Å². The lowest BCUT2D eigenvalue weighted by Crippen LogP contribution is -2.15. The number of nitrogens with zero attached hydrogens (tertiary/aromatic N) is 2. The van der Waals surface area contributed by atoms with E-state index in [9.17, 15) is 9.18 Å². The van der Waals surface area contributed by atoms with Gasteiger partial charge >= 0.3 is 0 Å². The number of anilines is 1. The van der Waals surface area contributed by atoms with Crippen LogP contribution in [0.5, 0.6) is 0 Å². The van der Waals surface area contributed by atoms with Crippen molar-refractivity contribution in [2.45, 2.75) is 25.8 Å². The first-order valence-corrected chi connectivity index (χ1v) is 9.52. The molecule has 27 heavy (non-hydrogen) atoms. The fourth-order valence-corrected chi connectivity index (χ4v) is 3.28. The molecular formula is C21H20FN3OS. The normalized spacial score (nSPS) is 10.7. The third-order valence-electron chi connectivity index (χ3n) is 4.26. The zero-order valence-electron chi connectivity index (χ0n) is 15.4. The number of halogens is 1. The molecule has 0 aliphatic carbocycles. The summed E-state index contributed by atoms with van der Waals surface area (Å²) in [4.78, 5) is 12.0. The Bertz CT molecular complexity index is 974. The Kier molecular flexibility index (Phi) is 5.86. The summed E-state index contributed by atoms with van der Waals surface area (Å²) in [5.74, 6) is -0.616. The number of rotatable bonds is 5. The third-order valence-corrected chi connectivity index (χ3v) is 5.18. The molecule has 6 heteroatoms. The van der Waals surface area contributed by atoms with Gasteiger partial charge in [0.15, 0.2) is 0 Å². The van der Waals surface area contributed by atoms with Crippen molar-refractivity contribution in [2.24, 2.45) is 0 Å². The summed E-state index contributed by atoms with van der Waals surface area (Å²) in [5.41, 5.74) is 5.64. The van der Waals surface area contributed by atoms with Gasteiger partial charge in [0.05, 0.1) is 17.1 Å². The van der Waals surface area contributed by atoms with E-state index in [2.05, 4.69) is 48.4 Å². The van der Waals surface area contributed by atoms with E-state index in [1.165, 1.54) is 35.0 Å². The highest BCUT2D eigenvalue weighted by atomic mass is 32.2. The van der Waals surface area contributed by atoms with Crippen molar-refractivity contribution in [2.75, 3.05) is 11.1 Å². The molecule has 0 aliphatic heterocycles. The van der Waals surface area contributed by atoms with E-state index in [1.807, 2.05) is 12.1 Å². The lowest BCUT2D eigenvalue weighted by Gasteiger charge is -2.09. The molecule has 0 saturated carbocycles. The van der Waals surface area contributed by atoms with E-state index in [1.54, 1.807) is 12.1 Å². The Hall–Kier alpha value is -2.73. The number of hydrogen-bond acceptors (Lipinski definition) is 4. The van der Waals surface area contributed by atoms with Gasteiger partial charge in [0.25, 0.3) is 0 Å². The monoisotopic (exact) mass is 381 g/mol. The molecule has 4 nitrogen and oxygen atoms in total. The van der Waals surface area contributed by atoms with Gasteiger partial charge < -0.3 is 5.32 Å². The topological polar surface area (TPSA) is 54.9 Å². The first-order chi connectivity index (χ1) is 12.9. The van der Waals surface area contributed by atoms with Crippen LogP contribution >= 0.6 is 11.8 Å². The van der Waals surface area contributed by atoms with E-state index in [0.29, 0.717) is 5.03 Å². The first-order valence-electron chi connectivity index (χ1n) is 8.53. The van der Waals surface area contributed by atoms with Gasteiger partial charge in [0.1, 0.15) is 10.8 Å². The summed E-state index contributed by atoms with van der Waals surface area (Å²) in [6, 6.07) is 14.1. The quantitative estimate of drug-likeness (QED) is 0.636. The van der Waals surface area contributed by atoms with Crippen LogP contribution in [0.3, 0.4) is 0 Å². The van der Waals surface area contributed by atoms with Crippen LogP contribution < -0.4 is 5.32 Å². The standard InChI is InChI=1S/C21H20FN3OS/c1-13-10-15(3)16(11-14(13)2)18-8-9-21(25-24-18)27-12-20(26)23-19-7-5-4-6-17(19)22/h4-11H,12H2,1-3H3,(H,23,26). The van der Waals surface area contributed by atoms with Crippen LogP contribution in [0.1, 0.15) is 16.7 Å². The molecule has 0 unspecified atom stereocenters. The molecule has 0 spiro atoms. The average molecular weight is 381 g/mol. The van der Waals surface area contributed by atoms with Gasteiger partial charge in [0, 0.05) is 5.56 Å². The summed E-state index contributed by atoms with van der Waals surface area (Å²) in [5, 5.41) is 11.7. The van der Waals surface area contributed by atoms with E-state index in [4.69, 9.17) is 0 Å². The second-order valence-corrected chi connectivity index (χ2v) is 7.32. The zero-order valence-corrected chi connectivity index (χ0v) is 16.2. The number of benzene rings is 2. The van der Waals surface area contributed by atoms with Gasteiger partial charge in [-0.15, -0.1) is 10.2 Å². The minimum atomic E-state index is -0.455. The minimum absolute atomic E-state index is 0.130. The van der Waals surface area contributed by atoms with Gasteiger partial charge in [0.2, 0.25) is 5.91 Å². The minimum Gasteiger partial charge on any atom is -0.323 e. The molecular weight excluding hydrogens is 361 g/mol. The molecule has 1 amide bonds. The average Bonchev–Trinajstić information content (AvgIpc) is 2.65. The van der Waals surface area contributed by atoms with Crippen LogP contribution in [0.15, 0.2) is 53.6 Å². The van der Waals surface area contributed by atoms with E-state index >= 15 is 0 Å². The van der Waals surface area contributed by atoms with Crippen LogP contribution in [0.4, 0.5) is 10.1 Å². The number of amides is 1. The maximum atomic E-state index is 13.6. The number of carbonyl (C=O) groups excluding carboxylic acids is 1. The fraction of sp³-hybridized carbons (Fsp3) is 0.190. The smallest absolute Gasteiger partial charge is 0.234 e. The van der Waals surface area contributed by atoms with Crippen molar-refractivity contribution in [3.05, 3.63) is 71.0 Å². The molecule has 0 radical (unpaired) electrons. The summed E-state index contributed by atoms with van der Waals surface area (Å²) in [6.45, 7) is 6.22. The molecule has 1 aromatic heterocycles. The highest BCUT2D eigenvalue weighted by Gasteiger charge is 2.10. The number of hydrogen-bond donors (Lipinski definition) is 1. The summed E-state index contributed by atoms with van der Waals surface area (Å²) >= 11 is 1.26. The lowest BCUT2D eigenvalue weighted by molar-refractivity contribution is -0.113. The molecule has 3 aromatic rings. The maximum Gasteiger partial charge on any atom is 0.234 e. The van der Waals surface area contributed by atoms with Crippen molar-refractivity contribution in [3.8, 4) is 11.3 Å². The van der Waals surface area contributed by atoms with Crippen molar-refractivity contribution in [1.82, 2.24) is 10.2 Å². The molecule has 0 fully saturated rings. The predicted octanol–water partition coefficient (Wildman–Crippen LogP) is 4.94. The van der Waals surface area contributed by atoms with Crippen LogP contribution in [0.25, 0.3) is 11.3 Å². The second-order valence-electron chi connectivity index (χ2n) is 6.32. The Morgan fingerprint density at radius 3 is 2.44 bits per heavy atom. The van der Waals surface area contributed by atoms with Crippen molar-refractivity contribution in [3.63, 3.8) is 0 Å². The Labute approximate surface area is 162 Å². The van der Waals surface area contributed by atoms with Gasteiger partial charge in [-0.25, -0.2) is 4.39 Å². The molecule has 0 aliphatic rings. The molecule has 0 saturated heterocycles. The molecule has 2 aromatic carbocycles. The van der Waals surface area contributed by atoms with Gasteiger partial charge in [-0.1, -0.05) is 30.0 Å². The largest absolute Gasteiger partial charge is 0.323 e. The molecule has 3 rings (SSSR count). The third kappa shape index (κ3) is 4.71. The number of aryl methyl sites for hydroxylation is 3. The molecule has 0 atom stereocenters. The molecule has 0 bridgehead atoms. The number of para-hydroxylation sites is 1. The Morgan fingerprint density at radius 1 is 1.00 bits per heavy atom. The second kappa shape index (κ2) is 8.31. The molecule has 1 heterocycles. The lowest BCUT2D eigenvalue weighted by atomic mass is 9.99. The number of aromatic nitrogens is 2. The zero-order chi connectivity index (χ0) is 19.4. The van der Waals surface area contributed by atoms with Crippen LogP contribution in [-0.4, -0.2) is 21.9 Å². The highest BCUT2D eigenvalue weighted by Crippen LogP contribution is 2.26. The van der Waals surface area contributed by atoms with Crippen LogP contribution in [0.2, 0.25) is 0 Å². The van der Waals surface area contributed by atoms with Crippen LogP contribution in [-0.2, 0) is 4.79 Å². The number of thioether (sulfide) groups is 1. The summed E-state index contributed by atoms with van der Waals surface area (Å²) in [6.07, 6.45) is 0. The Balaban J connectivity index is 1.64. The number of carbonyl (C=O) groups is 1. The van der Waals surface area contributed by atoms with E-state index in [-0.39, 0.29) is 17.3 Å². The van der Waals surface area contributed by atoms with Crippen molar-refractivity contribution in [1.29, 1.82) is 0 Å². The number of nitrogens with one attached hydrogen (secondary N) is 1. The molecule has 138 valence electrons. The van der Waals surface area contributed by atoms with Crippen molar-refractivity contribution >= 4 is 23.4 Å². The summed E-state index contributed by atoms with van der Waals surface area (Å²) < 4.78 is 13.6. The van der Waals surface area contributed by atoms with E-state index in [0.717, 1.165) is 16.8 Å². The first kappa shape index (κ1) is 19.0. The van der Waals surface area contributed by atoms with Crippen molar-refractivity contribution < 1.29 is 9.18 Å². The van der Waals surface area contributed by atoms with Gasteiger partial charge in [-0.3, -0.25) is 4.79 Å². The fourth-order valence-electron chi connectivity index (χ4n) is 2.67. The molecule has 1 N–H and O–H groups in total. The van der Waals surface area contributed by atoms with Gasteiger partial charge in [-0.2, -0.15) is 0 Å². The van der Waals surface area contributed by atoms with Gasteiger partial charge in [-0.05, 0) is 67.8 Å². The maximum absolute atomic E-state index is 13.6.